The van der Waals surface area contributed by atoms with E-state index in [0.717, 1.165) is 10.9 Å². The number of aliphatic carboxylic acids is 2. The van der Waals surface area contributed by atoms with Crippen LogP contribution in [-0.4, -0.2) is 27.3 Å². The van der Waals surface area contributed by atoms with Gasteiger partial charge in [-0.3, -0.25) is 0 Å². The highest BCUT2D eigenvalue weighted by molar-refractivity contribution is 5.94. The molecule has 8 heteroatoms. The first-order chi connectivity index (χ1) is 13.9. The lowest BCUT2D eigenvalue weighted by Gasteiger charge is -2.04. The van der Waals surface area contributed by atoms with Crippen molar-refractivity contribution in [1.29, 1.82) is 0 Å². The minimum Gasteiger partial charge on any atom is -0.478 e. The first-order valence-electron chi connectivity index (χ1n) is 8.48. The van der Waals surface area contributed by atoms with Crippen molar-refractivity contribution in [2.24, 2.45) is 5.73 Å². The summed E-state index contributed by atoms with van der Waals surface area (Å²) in [6, 6.07) is 12.1. The molecule has 0 aliphatic rings. The molecule has 0 bridgehead atoms. The molecule has 0 spiro atoms. The summed E-state index contributed by atoms with van der Waals surface area (Å²) in [7, 11) is 0. The summed E-state index contributed by atoms with van der Waals surface area (Å²) in [6.45, 7) is 3.55. The number of benzene rings is 2. The summed E-state index contributed by atoms with van der Waals surface area (Å²) >= 11 is 0. The second-order valence-corrected chi connectivity index (χ2v) is 5.84. The van der Waals surface area contributed by atoms with E-state index in [2.05, 4.69) is 11.7 Å². The first kappa shape index (κ1) is 21.5. The molecule has 0 unspecified atom stereocenters. The minimum absolute atomic E-state index is 0.0572. The van der Waals surface area contributed by atoms with E-state index < -0.39 is 11.9 Å². The smallest absolute Gasteiger partial charge is 0.332 e. The molecule has 0 saturated carbocycles. The highest BCUT2D eigenvalue weighted by Crippen LogP contribution is 2.30. The fourth-order valence-corrected chi connectivity index (χ4v) is 2.55. The van der Waals surface area contributed by atoms with Crippen LogP contribution in [0.25, 0.3) is 22.2 Å². The molecule has 2 aromatic carbocycles. The average Bonchev–Trinajstić information content (AvgIpc) is 3.11. The van der Waals surface area contributed by atoms with E-state index >= 15 is 0 Å². The van der Waals surface area contributed by atoms with Gasteiger partial charge in [-0.05, 0) is 42.3 Å². The number of halogens is 1. The van der Waals surface area contributed by atoms with Crippen molar-refractivity contribution in [1.82, 2.24) is 5.16 Å². The number of fused-ring (bicyclic) bond motifs is 1. The van der Waals surface area contributed by atoms with Crippen LogP contribution in [0.4, 0.5) is 4.39 Å². The molecule has 0 aliphatic carbocycles. The number of para-hydroxylation sites is 1. The molecule has 4 N–H and O–H groups in total. The molecular formula is C21H19FN2O5. The zero-order valence-electron chi connectivity index (χ0n) is 15.3. The van der Waals surface area contributed by atoms with E-state index in [1.807, 2.05) is 24.3 Å². The van der Waals surface area contributed by atoms with Gasteiger partial charge in [0.2, 0.25) is 0 Å². The molecule has 1 aromatic heterocycles. The topological polar surface area (TPSA) is 127 Å². The lowest BCUT2D eigenvalue weighted by Crippen LogP contribution is -2.02. The van der Waals surface area contributed by atoms with Crippen LogP contribution in [-0.2, 0) is 16.1 Å². The third kappa shape index (κ3) is 5.60. The monoisotopic (exact) mass is 398 g/mol. The number of nitrogens with two attached hydrogens (primary N) is 1. The van der Waals surface area contributed by atoms with Crippen LogP contribution >= 0.6 is 0 Å². The molecule has 7 nitrogen and oxygen atoms in total. The molecule has 0 atom stereocenters. The molecular weight excluding hydrogens is 379 g/mol. The molecule has 0 aliphatic heterocycles. The average molecular weight is 398 g/mol. The highest BCUT2D eigenvalue weighted by Gasteiger charge is 2.13. The fraction of sp³-hybridized carbons (Fsp3) is 0.0952. The van der Waals surface area contributed by atoms with Crippen LogP contribution < -0.4 is 5.73 Å². The second kappa shape index (κ2) is 9.95. The number of hydrogen-bond acceptors (Lipinski definition) is 5. The highest BCUT2D eigenvalue weighted by atomic mass is 19.1. The lowest BCUT2D eigenvalue weighted by atomic mass is 10.0. The van der Waals surface area contributed by atoms with Gasteiger partial charge >= 0.3 is 11.9 Å². The molecule has 0 saturated heterocycles. The van der Waals surface area contributed by atoms with E-state index in [-0.39, 0.29) is 24.4 Å². The molecule has 3 rings (SSSR count). The number of carboxylic acids is 2. The van der Waals surface area contributed by atoms with Crippen LogP contribution in [0.3, 0.4) is 0 Å². The number of rotatable bonds is 6. The van der Waals surface area contributed by atoms with Gasteiger partial charge < -0.3 is 20.5 Å². The molecule has 0 amide bonds. The summed E-state index contributed by atoms with van der Waals surface area (Å²) < 4.78 is 18.4. The van der Waals surface area contributed by atoms with E-state index in [9.17, 15) is 14.0 Å². The van der Waals surface area contributed by atoms with Gasteiger partial charge in [0.15, 0.2) is 5.58 Å². The predicted octanol–water partition coefficient (Wildman–Crippen LogP) is 3.75. The van der Waals surface area contributed by atoms with Crippen LogP contribution in [0.1, 0.15) is 12.0 Å². The van der Waals surface area contributed by atoms with Gasteiger partial charge in [-0.2, -0.15) is 0 Å². The number of aromatic nitrogens is 1. The van der Waals surface area contributed by atoms with Crippen molar-refractivity contribution < 1.29 is 28.7 Å². The fourth-order valence-electron chi connectivity index (χ4n) is 2.55. The van der Waals surface area contributed by atoms with Crippen LogP contribution in [0.5, 0.6) is 0 Å². The number of carbonyl (C=O) groups is 2. The van der Waals surface area contributed by atoms with E-state index in [4.69, 9.17) is 20.5 Å². The van der Waals surface area contributed by atoms with Crippen LogP contribution in [0, 0.1) is 5.82 Å². The number of nitrogens with zero attached hydrogens (tertiary/aromatic N) is 1. The quantitative estimate of drug-likeness (QED) is 0.426. The molecule has 29 heavy (non-hydrogen) atoms. The van der Waals surface area contributed by atoms with Gasteiger partial charge in [-0.15, -0.1) is 6.58 Å². The Balaban J connectivity index is 0.000000237. The van der Waals surface area contributed by atoms with Crippen molar-refractivity contribution in [3.63, 3.8) is 0 Å². The van der Waals surface area contributed by atoms with Gasteiger partial charge in [0.05, 0.1) is 0 Å². The molecule has 1 heterocycles. The Kier molecular flexibility index (Phi) is 7.39. The summed E-state index contributed by atoms with van der Waals surface area (Å²) in [4.78, 5) is 20.3. The SMILES string of the molecule is C=CC/C(=C\C(=O)O)C(=O)O.NCc1cc(F)ccc1-c1noc2ccccc12. The van der Waals surface area contributed by atoms with E-state index in [1.54, 1.807) is 6.07 Å². The van der Waals surface area contributed by atoms with Gasteiger partial charge in [0.25, 0.3) is 0 Å². The third-order valence-electron chi connectivity index (χ3n) is 3.86. The van der Waals surface area contributed by atoms with Crippen LogP contribution in [0.2, 0.25) is 0 Å². The maximum absolute atomic E-state index is 13.2. The Hall–Kier alpha value is -3.78. The summed E-state index contributed by atoms with van der Waals surface area (Å²) in [5.41, 5.74) is 8.41. The maximum Gasteiger partial charge on any atom is 0.332 e. The normalized spacial score (nSPS) is 10.9. The zero-order chi connectivity index (χ0) is 21.4. The van der Waals surface area contributed by atoms with E-state index in [1.165, 1.54) is 18.2 Å². The summed E-state index contributed by atoms with van der Waals surface area (Å²) in [5.74, 6) is -2.79. The largest absolute Gasteiger partial charge is 0.478 e. The Bertz CT molecular complexity index is 1070. The zero-order valence-corrected chi connectivity index (χ0v) is 15.3. The Labute approximate surface area is 165 Å². The second-order valence-electron chi connectivity index (χ2n) is 5.84. The van der Waals surface area contributed by atoms with Gasteiger partial charge in [0.1, 0.15) is 11.5 Å². The summed E-state index contributed by atoms with van der Waals surface area (Å²) in [6.07, 6.45) is 2.05. The standard InChI is InChI=1S/C14H11FN2O.C7H8O4/c15-10-5-6-11(9(7-10)8-16)14-12-3-1-2-4-13(12)18-17-14;1-2-3-5(7(10)11)4-6(8)9/h1-7H,8,16H2;2,4H,1,3H2,(H,8,9)(H,10,11)/b;5-4+. The molecule has 150 valence electrons. The number of allylic oxidation sites excluding steroid dienone is 1. The van der Waals surface area contributed by atoms with Gasteiger partial charge in [-0.25, -0.2) is 14.0 Å². The maximum atomic E-state index is 13.2. The van der Waals surface area contributed by atoms with Gasteiger partial charge in [0, 0.05) is 29.1 Å². The Morgan fingerprint density at radius 2 is 1.93 bits per heavy atom. The first-order valence-corrected chi connectivity index (χ1v) is 8.48. The Morgan fingerprint density at radius 1 is 1.21 bits per heavy atom. The summed E-state index contributed by atoms with van der Waals surface area (Å²) in [5, 5.41) is 21.5. The third-order valence-corrected chi connectivity index (χ3v) is 3.86. The number of carboxylic acid groups (broad SMARTS) is 2. The van der Waals surface area contributed by atoms with Crippen molar-refractivity contribution >= 4 is 22.9 Å². The minimum atomic E-state index is -1.26. The molecule has 0 fully saturated rings. The van der Waals surface area contributed by atoms with Crippen molar-refractivity contribution in [2.45, 2.75) is 13.0 Å². The molecule has 3 aromatic rings. The lowest BCUT2D eigenvalue weighted by molar-refractivity contribution is -0.135. The van der Waals surface area contributed by atoms with Crippen molar-refractivity contribution in [2.75, 3.05) is 0 Å². The number of hydrogen-bond donors (Lipinski definition) is 3. The van der Waals surface area contributed by atoms with Crippen LogP contribution in [0.15, 0.2) is 71.3 Å². The van der Waals surface area contributed by atoms with Crippen molar-refractivity contribution in [3.05, 3.63) is 78.1 Å². The molecule has 0 radical (unpaired) electrons. The van der Waals surface area contributed by atoms with Gasteiger partial charge in [-0.1, -0.05) is 23.4 Å². The van der Waals surface area contributed by atoms with E-state index in [0.29, 0.717) is 22.9 Å². The predicted molar refractivity (Wildman–Crippen MR) is 105 cm³/mol. The van der Waals surface area contributed by atoms with Crippen molar-refractivity contribution in [3.8, 4) is 11.3 Å². The Morgan fingerprint density at radius 3 is 2.55 bits per heavy atom.